The first-order valence-electron chi connectivity index (χ1n) is 8.44. The van der Waals surface area contributed by atoms with Crippen LogP contribution in [0.3, 0.4) is 0 Å². The van der Waals surface area contributed by atoms with Crippen LogP contribution in [0.2, 0.25) is 0 Å². The van der Waals surface area contributed by atoms with Crippen LogP contribution in [0.15, 0.2) is 24.3 Å². The summed E-state index contributed by atoms with van der Waals surface area (Å²) in [4.78, 5) is 14.5. The molecule has 0 saturated carbocycles. The van der Waals surface area contributed by atoms with Crippen LogP contribution in [0.4, 0.5) is 4.39 Å². The minimum absolute atomic E-state index is 0.00126. The third-order valence-electron chi connectivity index (χ3n) is 4.42. The van der Waals surface area contributed by atoms with Gasteiger partial charge in [0.25, 0.3) is 0 Å². The molecule has 0 spiro atoms. The molecule has 5 heteroatoms. The Balaban J connectivity index is 1.81. The molecule has 0 bridgehead atoms. The molecule has 128 valence electrons. The number of nitrogens with one attached hydrogen (secondary N) is 1. The summed E-state index contributed by atoms with van der Waals surface area (Å²) in [5.41, 5.74) is 0.947. The van der Waals surface area contributed by atoms with E-state index in [-0.39, 0.29) is 30.2 Å². The quantitative estimate of drug-likeness (QED) is 0.809. The van der Waals surface area contributed by atoms with Crippen LogP contribution in [0.25, 0.3) is 0 Å². The average molecular weight is 322 g/mol. The smallest absolute Gasteiger partial charge is 0.224 e. The number of piperidine rings is 1. The van der Waals surface area contributed by atoms with E-state index in [0.717, 1.165) is 31.5 Å². The number of nitrogens with zero attached hydrogens (tertiary/aromatic N) is 1. The molecule has 2 atom stereocenters. The number of hydrogen-bond acceptors (Lipinski definition) is 3. The van der Waals surface area contributed by atoms with Gasteiger partial charge in [0, 0.05) is 26.2 Å². The Morgan fingerprint density at radius 2 is 2.35 bits per heavy atom. The van der Waals surface area contributed by atoms with Crippen molar-refractivity contribution in [3.63, 3.8) is 0 Å². The molecule has 23 heavy (non-hydrogen) atoms. The van der Waals surface area contributed by atoms with Gasteiger partial charge in [-0.3, -0.25) is 9.69 Å². The summed E-state index contributed by atoms with van der Waals surface area (Å²) < 4.78 is 13.3. The Labute approximate surface area is 137 Å². The molecule has 1 aliphatic heterocycles. The molecule has 4 nitrogen and oxygen atoms in total. The van der Waals surface area contributed by atoms with Gasteiger partial charge in [0.05, 0.1) is 5.92 Å². The SMILES string of the molecule is CC(CCO)CNC(=O)C1CCCN(Cc2cccc(F)c2)C1. The van der Waals surface area contributed by atoms with E-state index in [1.165, 1.54) is 6.07 Å². The van der Waals surface area contributed by atoms with Crippen LogP contribution < -0.4 is 5.32 Å². The Hall–Kier alpha value is -1.46. The molecular formula is C18H27FN2O2. The predicted octanol–water partition coefficient (Wildman–Crippen LogP) is 2.17. The van der Waals surface area contributed by atoms with Crippen LogP contribution in [0, 0.1) is 17.7 Å². The molecule has 1 aliphatic rings. The number of aliphatic hydroxyl groups excluding tert-OH is 1. The van der Waals surface area contributed by atoms with Crippen LogP contribution in [0.1, 0.15) is 31.7 Å². The van der Waals surface area contributed by atoms with Gasteiger partial charge in [0.1, 0.15) is 5.82 Å². The van der Waals surface area contributed by atoms with Crippen LogP contribution in [-0.4, -0.2) is 42.2 Å². The van der Waals surface area contributed by atoms with E-state index in [0.29, 0.717) is 19.5 Å². The highest BCUT2D eigenvalue weighted by Gasteiger charge is 2.25. The zero-order valence-corrected chi connectivity index (χ0v) is 13.8. The van der Waals surface area contributed by atoms with E-state index in [1.807, 2.05) is 13.0 Å². The molecule has 1 aromatic carbocycles. The lowest BCUT2D eigenvalue weighted by molar-refractivity contribution is -0.127. The number of rotatable bonds is 7. The van der Waals surface area contributed by atoms with Crippen molar-refractivity contribution in [1.29, 1.82) is 0 Å². The zero-order chi connectivity index (χ0) is 16.7. The van der Waals surface area contributed by atoms with Gasteiger partial charge in [0.2, 0.25) is 5.91 Å². The van der Waals surface area contributed by atoms with Crippen molar-refractivity contribution >= 4 is 5.91 Å². The molecule has 1 aromatic rings. The lowest BCUT2D eigenvalue weighted by Crippen LogP contribution is -2.43. The van der Waals surface area contributed by atoms with E-state index < -0.39 is 0 Å². The number of likely N-dealkylation sites (tertiary alicyclic amines) is 1. The number of hydrogen-bond donors (Lipinski definition) is 2. The van der Waals surface area contributed by atoms with E-state index in [9.17, 15) is 9.18 Å². The molecule has 0 radical (unpaired) electrons. The number of aliphatic hydroxyl groups is 1. The van der Waals surface area contributed by atoms with Crippen molar-refractivity contribution in [2.45, 2.75) is 32.7 Å². The Morgan fingerprint density at radius 1 is 1.52 bits per heavy atom. The summed E-state index contributed by atoms with van der Waals surface area (Å²) in [7, 11) is 0. The highest BCUT2D eigenvalue weighted by atomic mass is 19.1. The van der Waals surface area contributed by atoms with Crippen molar-refractivity contribution in [3.05, 3.63) is 35.6 Å². The topological polar surface area (TPSA) is 52.6 Å². The lowest BCUT2D eigenvalue weighted by atomic mass is 9.96. The summed E-state index contributed by atoms with van der Waals surface area (Å²) in [5, 5.41) is 11.9. The second-order valence-electron chi connectivity index (χ2n) is 6.57. The monoisotopic (exact) mass is 322 g/mol. The predicted molar refractivity (Wildman–Crippen MR) is 88.3 cm³/mol. The van der Waals surface area contributed by atoms with Gasteiger partial charge in [-0.05, 0) is 49.4 Å². The molecule has 1 fully saturated rings. The molecule has 1 amide bonds. The molecule has 1 heterocycles. The Morgan fingerprint density at radius 3 is 3.09 bits per heavy atom. The maximum Gasteiger partial charge on any atom is 0.224 e. The summed E-state index contributed by atoms with van der Waals surface area (Å²) >= 11 is 0. The van der Waals surface area contributed by atoms with Crippen molar-refractivity contribution in [2.75, 3.05) is 26.2 Å². The molecule has 0 aliphatic carbocycles. The number of carbonyl (C=O) groups is 1. The van der Waals surface area contributed by atoms with E-state index >= 15 is 0 Å². The molecule has 2 unspecified atom stereocenters. The maximum atomic E-state index is 13.3. The van der Waals surface area contributed by atoms with Crippen molar-refractivity contribution in [2.24, 2.45) is 11.8 Å². The summed E-state index contributed by atoms with van der Waals surface area (Å²) in [6.07, 6.45) is 2.59. The minimum Gasteiger partial charge on any atom is -0.396 e. The third kappa shape index (κ3) is 5.92. The van der Waals surface area contributed by atoms with Gasteiger partial charge in [0.15, 0.2) is 0 Å². The first-order valence-corrected chi connectivity index (χ1v) is 8.44. The number of amides is 1. The van der Waals surface area contributed by atoms with Gasteiger partial charge in [-0.15, -0.1) is 0 Å². The van der Waals surface area contributed by atoms with Gasteiger partial charge in [-0.2, -0.15) is 0 Å². The van der Waals surface area contributed by atoms with Crippen LogP contribution in [0.5, 0.6) is 0 Å². The van der Waals surface area contributed by atoms with Crippen LogP contribution in [-0.2, 0) is 11.3 Å². The second kappa shape index (κ2) is 8.99. The molecular weight excluding hydrogens is 295 g/mol. The van der Waals surface area contributed by atoms with E-state index in [2.05, 4.69) is 10.2 Å². The molecule has 0 aromatic heterocycles. The van der Waals surface area contributed by atoms with Gasteiger partial charge in [-0.25, -0.2) is 4.39 Å². The fourth-order valence-corrected chi connectivity index (χ4v) is 3.05. The first kappa shape index (κ1) is 17.9. The standard InChI is InChI=1S/C18H27FN2O2/c1-14(7-9-22)11-20-18(23)16-5-3-8-21(13-16)12-15-4-2-6-17(19)10-15/h2,4,6,10,14,16,22H,3,5,7-9,11-13H2,1H3,(H,20,23). The maximum absolute atomic E-state index is 13.3. The molecule has 1 saturated heterocycles. The Bertz CT molecular complexity index is 510. The van der Waals surface area contributed by atoms with Gasteiger partial charge < -0.3 is 10.4 Å². The fourth-order valence-electron chi connectivity index (χ4n) is 3.05. The highest BCUT2D eigenvalue weighted by molar-refractivity contribution is 5.78. The zero-order valence-electron chi connectivity index (χ0n) is 13.8. The fraction of sp³-hybridized carbons (Fsp3) is 0.611. The normalized spacial score (nSPS) is 20.2. The largest absolute Gasteiger partial charge is 0.396 e. The summed E-state index contributed by atoms with van der Waals surface area (Å²) in [6.45, 7) is 5.13. The van der Waals surface area contributed by atoms with Crippen LogP contribution >= 0.6 is 0 Å². The highest BCUT2D eigenvalue weighted by Crippen LogP contribution is 2.19. The number of benzene rings is 1. The molecule has 2 rings (SSSR count). The Kier molecular flexibility index (Phi) is 6.99. The first-order chi connectivity index (χ1) is 11.1. The third-order valence-corrected chi connectivity index (χ3v) is 4.42. The van der Waals surface area contributed by atoms with Crippen molar-refractivity contribution in [1.82, 2.24) is 10.2 Å². The number of halogens is 1. The lowest BCUT2D eigenvalue weighted by Gasteiger charge is -2.32. The molecule has 2 N–H and O–H groups in total. The second-order valence-corrected chi connectivity index (χ2v) is 6.57. The van der Waals surface area contributed by atoms with Gasteiger partial charge >= 0.3 is 0 Å². The van der Waals surface area contributed by atoms with Crippen molar-refractivity contribution in [3.8, 4) is 0 Å². The average Bonchev–Trinajstić information content (AvgIpc) is 2.53. The minimum atomic E-state index is -0.216. The number of carbonyl (C=O) groups excluding carboxylic acids is 1. The van der Waals surface area contributed by atoms with E-state index in [1.54, 1.807) is 12.1 Å². The van der Waals surface area contributed by atoms with E-state index in [4.69, 9.17) is 5.11 Å². The summed E-state index contributed by atoms with van der Waals surface area (Å²) in [6, 6.07) is 6.65. The van der Waals surface area contributed by atoms with Crippen molar-refractivity contribution < 1.29 is 14.3 Å². The van der Waals surface area contributed by atoms with Gasteiger partial charge in [-0.1, -0.05) is 19.1 Å². The summed E-state index contributed by atoms with van der Waals surface area (Å²) in [5.74, 6) is 0.167.